The van der Waals surface area contributed by atoms with E-state index in [1.165, 1.54) is 12.1 Å². The summed E-state index contributed by atoms with van der Waals surface area (Å²) in [6, 6.07) is 4.78. The highest BCUT2D eigenvalue weighted by Crippen LogP contribution is 2.17. The second-order valence-corrected chi connectivity index (χ2v) is 4.21. The highest BCUT2D eigenvalue weighted by atomic mass is 19.1. The molecule has 1 saturated heterocycles. The standard InChI is InChI=1S/C12H14FN3O2/c13-8-1-2-10-11(5-8)16-12(15-10)18-7-9-6-14-3-4-17-9/h1-2,5,9,14H,3-4,6-7H2,(H,15,16). The first-order valence-electron chi connectivity index (χ1n) is 5.92. The van der Waals surface area contributed by atoms with Crippen molar-refractivity contribution < 1.29 is 13.9 Å². The highest BCUT2D eigenvalue weighted by molar-refractivity contribution is 5.75. The molecular weight excluding hydrogens is 237 g/mol. The number of fused-ring (bicyclic) bond motifs is 1. The number of H-pyrrole nitrogens is 1. The minimum absolute atomic E-state index is 0.0312. The maximum Gasteiger partial charge on any atom is 0.294 e. The van der Waals surface area contributed by atoms with E-state index < -0.39 is 0 Å². The third-order valence-corrected chi connectivity index (χ3v) is 2.83. The average Bonchev–Trinajstić information content (AvgIpc) is 2.79. The van der Waals surface area contributed by atoms with Crippen LogP contribution in [0.15, 0.2) is 18.2 Å². The first-order chi connectivity index (χ1) is 8.81. The normalized spacial score (nSPS) is 20.2. The van der Waals surface area contributed by atoms with Crippen molar-refractivity contribution in [3.63, 3.8) is 0 Å². The van der Waals surface area contributed by atoms with Gasteiger partial charge in [0.05, 0.1) is 17.6 Å². The van der Waals surface area contributed by atoms with Gasteiger partial charge in [0, 0.05) is 13.1 Å². The van der Waals surface area contributed by atoms with E-state index in [1.54, 1.807) is 6.07 Å². The largest absolute Gasteiger partial charge is 0.462 e. The third-order valence-electron chi connectivity index (χ3n) is 2.83. The van der Waals surface area contributed by atoms with Crippen molar-refractivity contribution in [1.82, 2.24) is 15.3 Å². The van der Waals surface area contributed by atoms with Crippen LogP contribution in [-0.4, -0.2) is 42.4 Å². The maximum absolute atomic E-state index is 13.0. The van der Waals surface area contributed by atoms with Crippen LogP contribution < -0.4 is 10.1 Å². The van der Waals surface area contributed by atoms with Gasteiger partial charge >= 0.3 is 0 Å². The van der Waals surface area contributed by atoms with Crippen molar-refractivity contribution >= 4 is 11.0 Å². The monoisotopic (exact) mass is 251 g/mol. The molecule has 0 amide bonds. The van der Waals surface area contributed by atoms with E-state index in [1.807, 2.05) is 0 Å². The summed E-state index contributed by atoms with van der Waals surface area (Å²) in [5.41, 5.74) is 1.32. The van der Waals surface area contributed by atoms with Crippen LogP contribution in [-0.2, 0) is 4.74 Å². The quantitative estimate of drug-likeness (QED) is 0.856. The Morgan fingerprint density at radius 2 is 2.44 bits per heavy atom. The molecule has 1 aliphatic rings. The molecular formula is C12H14FN3O2. The Labute approximate surface area is 103 Å². The number of rotatable bonds is 3. The number of benzene rings is 1. The molecule has 1 atom stereocenters. The van der Waals surface area contributed by atoms with E-state index in [0.29, 0.717) is 30.3 Å². The van der Waals surface area contributed by atoms with Gasteiger partial charge in [0.25, 0.3) is 6.01 Å². The summed E-state index contributed by atoms with van der Waals surface area (Å²) in [5, 5.41) is 3.22. The number of aromatic nitrogens is 2. The zero-order valence-electron chi connectivity index (χ0n) is 9.78. The minimum atomic E-state index is -0.294. The average molecular weight is 251 g/mol. The molecule has 0 saturated carbocycles. The van der Waals surface area contributed by atoms with Gasteiger partial charge in [0.1, 0.15) is 18.5 Å². The lowest BCUT2D eigenvalue weighted by molar-refractivity contribution is -0.00153. The van der Waals surface area contributed by atoms with E-state index in [4.69, 9.17) is 9.47 Å². The van der Waals surface area contributed by atoms with Crippen LogP contribution >= 0.6 is 0 Å². The lowest BCUT2D eigenvalue weighted by atomic mass is 10.3. The Hall–Kier alpha value is -1.66. The SMILES string of the molecule is Fc1ccc2nc(OCC3CNCCO3)[nH]c2c1. The summed E-state index contributed by atoms with van der Waals surface area (Å²) in [7, 11) is 0. The Balaban J connectivity index is 1.67. The van der Waals surface area contributed by atoms with Crippen molar-refractivity contribution in [2.24, 2.45) is 0 Å². The predicted molar refractivity (Wildman–Crippen MR) is 64.2 cm³/mol. The van der Waals surface area contributed by atoms with Crippen molar-refractivity contribution in [2.75, 3.05) is 26.3 Å². The molecule has 6 heteroatoms. The Bertz CT molecular complexity index is 537. The van der Waals surface area contributed by atoms with E-state index in [-0.39, 0.29) is 11.9 Å². The summed E-state index contributed by atoms with van der Waals surface area (Å²) in [6.07, 6.45) is 0.0312. The van der Waals surface area contributed by atoms with E-state index in [9.17, 15) is 4.39 Å². The first kappa shape index (κ1) is 11.4. The Kier molecular flexibility index (Phi) is 3.12. The number of halogens is 1. The van der Waals surface area contributed by atoms with Gasteiger partial charge in [-0.1, -0.05) is 0 Å². The summed E-state index contributed by atoms with van der Waals surface area (Å²) in [5.74, 6) is -0.294. The number of imidazole rings is 1. The second kappa shape index (κ2) is 4.91. The van der Waals surface area contributed by atoms with Crippen LogP contribution in [0.2, 0.25) is 0 Å². The molecule has 0 aliphatic carbocycles. The molecule has 2 N–H and O–H groups in total. The van der Waals surface area contributed by atoms with Gasteiger partial charge in [-0.25, -0.2) is 4.39 Å². The number of hydrogen-bond acceptors (Lipinski definition) is 4. The molecule has 0 spiro atoms. The van der Waals surface area contributed by atoms with Crippen molar-refractivity contribution in [3.05, 3.63) is 24.0 Å². The van der Waals surface area contributed by atoms with Crippen molar-refractivity contribution in [1.29, 1.82) is 0 Å². The molecule has 96 valence electrons. The van der Waals surface area contributed by atoms with Crippen LogP contribution in [0, 0.1) is 5.82 Å². The topological polar surface area (TPSA) is 59.2 Å². The van der Waals surface area contributed by atoms with Crippen LogP contribution in [0.3, 0.4) is 0 Å². The summed E-state index contributed by atoms with van der Waals surface area (Å²) in [6.45, 7) is 2.77. The molecule has 1 fully saturated rings. The summed E-state index contributed by atoms with van der Waals surface area (Å²) in [4.78, 5) is 7.14. The molecule has 3 rings (SSSR count). The lowest BCUT2D eigenvalue weighted by Gasteiger charge is -2.22. The number of morpholine rings is 1. The Morgan fingerprint density at radius 1 is 1.50 bits per heavy atom. The van der Waals surface area contributed by atoms with Gasteiger partial charge in [-0.05, 0) is 18.2 Å². The van der Waals surface area contributed by atoms with Crippen LogP contribution in [0.1, 0.15) is 0 Å². The first-order valence-corrected chi connectivity index (χ1v) is 5.92. The molecule has 5 nitrogen and oxygen atoms in total. The van der Waals surface area contributed by atoms with Crippen LogP contribution in [0.4, 0.5) is 4.39 Å². The van der Waals surface area contributed by atoms with Gasteiger partial charge in [0.2, 0.25) is 0 Å². The van der Waals surface area contributed by atoms with E-state index in [0.717, 1.165) is 13.1 Å². The maximum atomic E-state index is 13.0. The van der Waals surface area contributed by atoms with Crippen molar-refractivity contribution in [2.45, 2.75) is 6.10 Å². The molecule has 1 aliphatic heterocycles. The summed E-state index contributed by atoms with van der Waals surface area (Å²) >= 11 is 0. The second-order valence-electron chi connectivity index (χ2n) is 4.21. The van der Waals surface area contributed by atoms with Crippen molar-refractivity contribution in [3.8, 4) is 6.01 Å². The minimum Gasteiger partial charge on any atom is -0.462 e. The fraction of sp³-hybridized carbons (Fsp3) is 0.417. The third kappa shape index (κ3) is 2.44. The van der Waals surface area contributed by atoms with Gasteiger partial charge in [-0.3, -0.25) is 0 Å². The number of nitrogens with zero attached hydrogens (tertiary/aromatic N) is 1. The van der Waals surface area contributed by atoms with Gasteiger partial charge in [-0.15, -0.1) is 0 Å². The van der Waals surface area contributed by atoms with Gasteiger partial charge in [-0.2, -0.15) is 4.98 Å². The number of nitrogens with one attached hydrogen (secondary N) is 2. The summed E-state index contributed by atoms with van der Waals surface area (Å²) < 4.78 is 24.0. The molecule has 2 heterocycles. The number of ether oxygens (including phenoxy) is 2. The fourth-order valence-corrected chi connectivity index (χ4v) is 1.93. The number of aromatic amines is 1. The van der Waals surface area contributed by atoms with Gasteiger partial charge < -0.3 is 19.8 Å². The highest BCUT2D eigenvalue weighted by Gasteiger charge is 2.15. The van der Waals surface area contributed by atoms with E-state index >= 15 is 0 Å². The predicted octanol–water partition coefficient (Wildman–Crippen LogP) is 1.07. The van der Waals surface area contributed by atoms with E-state index in [2.05, 4.69) is 15.3 Å². The van der Waals surface area contributed by atoms with Crippen LogP contribution in [0.5, 0.6) is 6.01 Å². The molecule has 1 unspecified atom stereocenters. The molecule has 1 aromatic heterocycles. The van der Waals surface area contributed by atoms with Crippen LogP contribution in [0.25, 0.3) is 11.0 Å². The molecule has 1 aromatic carbocycles. The molecule has 18 heavy (non-hydrogen) atoms. The Morgan fingerprint density at radius 3 is 3.28 bits per heavy atom. The smallest absolute Gasteiger partial charge is 0.294 e. The lowest BCUT2D eigenvalue weighted by Crippen LogP contribution is -2.41. The molecule has 0 radical (unpaired) electrons. The fourth-order valence-electron chi connectivity index (χ4n) is 1.93. The molecule has 0 bridgehead atoms. The number of hydrogen-bond donors (Lipinski definition) is 2. The molecule has 2 aromatic rings. The van der Waals surface area contributed by atoms with Gasteiger partial charge in [0.15, 0.2) is 0 Å². The zero-order valence-corrected chi connectivity index (χ0v) is 9.78. The zero-order chi connectivity index (χ0) is 12.4.